The van der Waals surface area contributed by atoms with Crippen molar-refractivity contribution >= 4 is 11.4 Å². The zero-order valence-electron chi connectivity index (χ0n) is 8.51. The van der Waals surface area contributed by atoms with Crippen molar-refractivity contribution in [3.8, 4) is 0 Å². The van der Waals surface area contributed by atoms with Gasteiger partial charge in [-0.05, 0) is 60.8 Å². The molecule has 2 heteroatoms. The van der Waals surface area contributed by atoms with E-state index >= 15 is 0 Å². The molecule has 0 radical (unpaired) electrons. The fourth-order valence-electron chi connectivity index (χ4n) is 3.31. The molecule has 14 heavy (non-hydrogen) atoms. The van der Waals surface area contributed by atoms with Crippen molar-refractivity contribution in [2.24, 2.45) is 0 Å². The van der Waals surface area contributed by atoms with Gasteiger partial charge in [0.1, 0.15) is 0 Å². The highest BCUT2D eigenvalue weighted by Crippen LogP contribution is 2.55. The quantitative estimate of drug-likeness (QED) is 0.615. The second-order valence-electron chi connectivity index (χ2n) is 4.71. The summed E-state index contributed by atoms with van der Waals surface area (Å²) in [6, 6.07) is 2.11. The third kappa shape index (κ3) is 0.813. The number of nitrogens with two attached hydrogens (primary N) is 2. The molecule has 2 atom stereocenters. The maximum Gasteiger partial charge on any atom is 0.0580 e. The Kier molecular flexibility index (Phi) is 1.42. The van der Waals surface area contributed by atoms with Crippen LogP contribution in [0.2, 0.25) is 0 Å². The molecule has 0 aliphatic heterocycles. The predicted molar refractivity (Wildman–Crippen MR) is 59.3 cm³/mol. The van der Waals surface area contributed by atoms with Gasteiger partial charge in [-0.2, -0.15) is 0 Å². The lowest BCUT2D eigenvalue weighted by atomic mass is 9.87. The van der Waals surface area contributed by atoms with Gasteiger partial charge in [0.15, 0.2) is 0 Å². The minimum absolute atomic E-state index is 0.772. The van der Waals surface area contributed by atoms with Crippen molar-refractivity contribution in [3.05, 3.63) is 22.8 Å². The Labute approximate surface area is 84.3 Å². The van der Waals surface area contributed by atoms with Crippen LogP contribution in [0.4, 0.5) is 11.4 Å². The van der Waals surface area contributed by atoms with Crippen molar-refractivity contribution in [1.29, 1.82) is 0 Å². The Balaban J connectivity index is 2.29. The van der Waals surface area contributed by atoms with E-state index in [2.05, 4.69) is 13.0 Å². The van der Waals surface area contributed by atoms with Crippen molar-refractivity contribution in [2.45, 2.75) is 38.0 Å². The Hall–Kier alpha value is -1.18. The van der Waals surface area contributed by atoms with Gasteiger partial charge in [-0.15, -0.1) is 0 Å². The molecule has 1 saturated carbocycles. The van der Waals surface area contributed by atoms with Gasteiger partial charge in [0.05, 0.1) is 11.4 Å². The third-order valence-electron chi connectivity index (χ3n) is 4.02. The molecule has 0 saturated heterocycles. The van der Waals surface area contributed by atoms with Crippen molar-refractivity contribution < 1.29 is 0 Å². The van der Waals surface area contributed by atoms with Crippen molar-refractivity contribution in [3.63, 3.8) is 0 Å². The zero-order valence-corrected chi connectivity index (χ0v) is 8.51. The lowest BCUT2D eigenvalue weighted by Crippen LogP contribution is -2.06. The minimum Gasteiger partial charge on any atom is -0.397 e. The van der Waals surface area contributed by atoms with E-state index in [1.165, 1.54) is 36.0 Å². The summed E-state index contributed by atoms with van der Waals surface area (Å²) in [5.74, 6) is 1.55. The van der Waals surface area contributed by atoms with Crippen LogP contribution in [-0.4, -0.2) is 0 Å². The zero-order chi connectivity index (χ0) is 9.87. The van der Waals surface area contributed by atoms with Crippen LogP contribution in [0.25, 0.3) is 0 Å². The number of hydrogen-bond acceptors (Lipinski definition) is 2. The van der Waals surface area contributed by atoms with E-state index in [9.17, 15) is 0 Å². The van der Waals surface area contributed by atoms with E-state index in [0.29, 0.717) is 0 Å². The van der Waals surface area contributed by atoms with Crippen LogP contribution in [0, 0.1) is 6.92 Å². The molecule has 0 heterocycles. The minimum atomic E-state index is 0.772. The normalized spacial score (nSPS) is 28.1. The van der Waals surface area contributed by atoms with Gasteiger partial charge in [0, 0.05) is 0 Å². The summed E-state index contributed by atoms with van der Waals surface area (Å²) in [6.07, 6.45) is 4.03. The summed E-state index contributed by atoms with van der Waals surface area (Å²) in [7, 11) is 0. The van der Waals surface area contributed by atoms with Gasteiger partial charge >= 0.3 is 0 Å². The molecule has 74 valence electrons. The molecule has 4 N–H and O–H groups in total. The van der Waals surface area contributed by atoms with Crippen LogP contribution < -0.4 is 11.5 Å². The summed E-state index contributed by atoms with van der Waals surface area (Å²) >= 11 is 0. The largest absolute Gasteiger partial charge is 0.397 e. The highest BCUT2D eigenvalue weighted by Gasteiger charge is 2.38. The monoisotopic (exact) mass is 188 g/mol. The summed E-state index contributed by atoms with van der Waals surface area (Å²) in [5.41, 5.74) is 17.7. The van der Waals surface area contributed by atoms with Gasteiger partial charge < -0.3 is 11.5 Å². The Morgan fingerprint density at radius 2 is 1.93 bits per heavy atom. The molecule has 0 aromatic heterocycles. The molecule has 2 bridgehead atoms. The van der Waals surface area contributed by atoms with E-state index < -0.39 is 0 Å². The van der Waals surface area contributed by atoms with E-state index in [0.717, 1.165) is 23.2 Å². The Bertz CT molecular complexity index is 409. The number of rotatable bonds is 0. The molecule has 2 aliphatic rings. The standard InChI is InChI=1S/C12H16N2/c1-6-11-8-3-2-7(4-8)9(11)5-10(13)12(6)14/h5,7-8H,2-4,13-14H2,1H3. The molecular weight excluding hydrogens is 172 g/mol. The molecule has 0 spiro atoms. The summed E-state index contributed by atoms with van der Waals surface area (Å²) < 4.78 is 0. The first-order valence-electron chi connectivity index (χ1n) is 5.37. The number of fused-ring (bicyclic) bond motifs is 5. The maximum absolute atomic E-state index is 5.96. The second kappa shape index (κ2) is 2.44. The van der Waals surface area contributed by atoms with Gasteiger partial charge in [-0.25, -0.2) is 0 Å². The maximum atomic E-state index is 5.96. The molecule has 2 nitrogen and oxygen atoms in total. The fourth-order valence-corrected chi connectivity index (χ4v) is 3.31. The smallest absolute Gasteiger partial charge is 0.0580 e. The number of anilines is 2. The molecule has 2 unspecified atom stereocenters. The topological polar surface area (TPSA) is 52.0 Å². The van der Waals surface area contributed by atoms with Gasteiger partial charge in [0.25, 0.3) is 0 Å². The molecule has 0 amide bonds. The first-order valence-corrected chi connectivity index (χ1v) is 5.37. The van der Waals surface area contributed by atoms with Crippen molar-refractivity contribution in [2.75, 3.05) is 11.5 Å². The van der Waals surface area contributed by atoms with Crippen LogP contribution in [0.1, 0.15) is 47.8 Å². The molecule has 1 fully saturated rings. The van der Waals surface area contributed by atoms with Crippen LogP contribution in [0.3, 0.4) is 0 Å². The highest BCUT2D eigenvalue weighted by atomic mass is 14.7. The first kappa shape index (κ1) is 8.16. The lowest BCUT2D eigenvalue weighted by Gasteiger charge is -2.20. The Morgan fingerprint density at radius 1 is 1.21 bits per heavy atom. The van der Waals surface area contributed by atoms with Gasteiger partial charge in [0.2, 0.25) is 0 Å². The molecular formula is C12H16N2. The lowest BCUT2D eigenvalue weighted by molar-refractivity contribution is 0.714. The fraction of sp³-hybridized carbons (Fsp3) is 0.500. The predicted octanol–water partition coefficient (Wildman–Crippen LogP) is 2.52. The van der Waals surface area contributed by atoms with Gasteiger partial charge in [-0.1, -0.05) is 0 Å². The van der Waals surface area contributed by atoms with E-state index in [1.807, 2.05) is 0 Å². The second-order valence-corrected chi connectivity index (χ2v) is 4.71. The summed E-state index contributed by atoms with van der Waals surface area (Å²) in [6.45, 7) is 2.12. The van der Waals surface area contributed by atoms with E-state index in [-0.39, 0.29) is 0 Å². The van der Waals surface area contributed by atoms with Crippen LogP contribution in [-0.2, 0) is 0 Å². The number of hydrogen-bond donors (Lipinski definition) is 2. The van der Waals surface area contributed by atoms with Crippen molar-refractivity contribution in [1.82, 2.24) is 0 Å². The molecule has 1 aromatic rings. The summed E-state index contributed by atoms with van der Waals surface area (Å²) in [5, 5.41) is 0. The average Bonchev–Trinajstić information content (AvgIpc) is 2.74. The van der Waals surface area contributed by atoms with Crippen LogP contribution in [0.5, 0.6) is 0 Å². The summed E-state index contributed by atoms with van der Waals surface area (Å²) in [4.78, 5) is 0. The number of nitrogen functional groups attached to an aromatic ring is 2. The van der Waals surface area contributed by atoms with Gasteiger partial charge in [-0.3, -0.25) is 0 Å². The van der Waals surface area contributed by atoms with E-state index in [4.69, 9.17) is 11.5 Å². The molecule has 1 aromatic carbocycles. The highest BCUT2D eigenvalue weighted by molar-refractivity contribution is 5.72. The SMILES string of the molecule is Cc1c(N)c(N)cc2c1C1CCC2C1. The Morgan fingerprint density at radius 3 is 2.71 bits per heavy atom. The third-order valence-corrected chi connectivity index (χ3v) is 4.02. The first-order chi connectivity index (χ1) is 6.68. The average molecular weight is 188 g/mol. The van der Waals surface area contributed by atoms with Crippen LogP contribution in [0.15, 0.2) is 6.07 Å². The number of benzene rings is 1. The van der Waals surface area contributed by atoms with Crippen LogP contribution >= 0.6 is 0 Å². The molecule has 2 aliphatic carbocycles. The molecule has 3 rings (SSSR count). The van der Waals surface area contributed by atoms with E-state index in [1.54, 1.807) is 0 Å².